The van der Waals surface area contributed by atoms with Gasteiger partial charge in [-0.1, -0.05) is 42.5 Å². The molecular weight excluding hydrogens is 444 g/mol. The molecule has 1 heterocycles. The number of para-hydroxylation sites is 1. The van der Waals surface area contributed by atoms with Crippen LogP contribution in [0, 0.1) is 6.92 Å². The fourth-order valence-corrected chi connectivity index (χ4v) is 5.06. The molecule has 7 heteroatoms. The maximum atomic E-state index is 12.4. The number of rotatable bonds is 6. The number of carboxylic acids is 1. The minimum Gasteiger partial charge on any atom is -0.478 e. The first-order valence-corrected chi connectivity index (χ1v) is 11.4. The van der Waals surface area contributed by atoms with Gasteiger partial charge in [0.15, 0.2) is 0 Å². The number of carboxylic acid groups (broad SMARTS) is 1. The van der Waals surface area contributed by atoms with E-state index in [0.29, 0.717) is 18.0 Å². The predicted molar refractivity (Wildman–Crippen MR) is 134 cm³/mol. The normalized spacial score (nSPS) is 14.7. The SMILES string of the molecule is Cc1cccc(C(=O)O)c1Oc1ccc2c(c1)c1c(n2Cc2ccccc2)CCCC1C(N)=O.O. The van der Waals surface area contributed by atoms with Crippen LogP contribution in [0.15, 0.2) is 66.7 Å². The van der Waals surface area contributed by atoms with E-state index in [1.54, 1.807) is 6.07 Å². The van der Waals surface area contributed by atoms with Gasteiger partial charge in [0.05, 0.1) is 5.92 Å². The van der Waals surface area contributed by atoms with E-state index < -0.39 is 5.97 Å². The van der Waals surface area contributed by atoms with E-state index in [-0.39, 0.29) is 22.9 Å². The molecule has 0 spiro atoms. The topological polar surface area (TPSA) is 126 Å². The van der Waals surface area contributed by atoms with Crippen molar-refractivity contribution >= 4 is 22.8 Å². The summed E-state index contributed by atoms with van der Waals surface area (Å²) in [5.41, 5.74) is 11.0. The minimum atomic E-state index is -1.04. The lowest BCUT2D eigenvalue weighted by Crippen LogP contribution is -2.25. The van der Waals surface area contributed by atoms with Crippen LogP contribution in [0.4, 0.5) is 0 Å². The molecule has 1 unspecified atom stereocenters. The van der Waals surface area contributed by atoms with Crippen molar-refractivity contribution in [3.8, 4) is 11.5 Å². The predicted octanol–water partition coefficient (Wildman–Crippen LogP) is 4.57. The number of nitrogens with two attached hydrogens (primary N) is 1. The van der Waals surface area contributed by atoms with E-state index in [1.807, 2.05) is 49.4 Å². The molecule has 1 atom stereocenters. The summed E-state index contributed by atoms with van der Waals surface area (Å²) in [7, 11) is 0. The van der Waals surface area contributed by atoms with Crippen LogP contribution >= 0.6 is 0 Å². The Bertz CT molecular complexity index is 1410. The van der Waals surface area contributed by atoms with Crippen molar-refractivity contribution in [1.82, 2.24) is 4.57 Å². The van der Waals surface area contributed by atoms with Crippen molar-refractivity contribution in [2.45, 2.75) is 38.6 Å². The lowest BCUT2D eigenvalue weighted by molar-refractivity contribution is -0.119. The van der Waals surface area contributed by atoms with Crippen LogP contribution in [0.5, 0.6) is 11.5 Å². The van der Waals surface area contributed by atoms with Gasteiger partial charge in [-0.15, -0.1) is 0 Å². The Kier molecular flexibility index (Phi) is 6.62. The van der Waals surface area contributed by atoms with Crippen LogP contribution in [0.3, 0.4) is 0 Å². The zero-order valence-electron chi connectivity index (χ0n) is 19.5. The average Bonchev–Trinajstić information content (AvgIpc) is 3.14. The number of ether oxygens (including phenoxy) is 1. The molecule has 0 radical (unpaired) electrons. The zero-order valence-corrected chi connectivity index (χ0v) is 19.5. The smallest absolute Gasteiger partial charge is 0.339 e. The van der Waals surface area contributed by atoms with E-state index >= 15 is 0 Å². The summed E-state index contributed by atoms with van der Waals surface area (Å²) in [6.07, 6.45) is 2.50. The van der Waals surface area contributed by atoms with Crippen molar-refractivity contribution < 1.29 is 24.9 Å². The van der Waals surface area contributed by atoms with Crippen LogP contribution in [0.25, 0.3) is 10.9 Å². The molecule has 3 aromatic carbocycles. The summed E-state index contributed by atoms with van der Waals surface area (Å²) in [5.74, 6) is -0.874. The first kappa shape index (κ1) is 24.0. The maximum absolute atomic E-state index is 12.4. The molecule has 0 saturated heterocycles. The Labute approximate surface area is 203 Å². The molecule has 4 aromatic rings. The van der Waals surface area contributed by atoms with E-state index in [4.69, 9.17) is 10.5 Å². The number of aromatic carboxylic acids is 1. The van der Waals surface area contributed by atoms with Gasteiger partial charge in [-0.05, 0) is 67.1 Å². The second-order valence-corrected chi connectivity index (χ2v) is 8.82. The van der Waals surface area contributed by atoms with Crippen LogP contribution in [0.2, 0.25) is 0 Å². The standard InChI is InChI=1S/C28H26N2O4.H2O/c1-17-7-5-11-21(28(32)33)26(17)34-19-13-14-23-22(15-19)25-20(27(29)31)10-6-12-24(25)30(23)16-18-8-3-2-4-9-18;/h2-5,7-9,11,13-15,20H,6,10,12,16H2,1H3,(H2,29,31)(H,32,33);1H2. The molecule has 1 aliphatic carbocycles. The first-order chi connectivity index (χ1) is 16.4. The number of hydrogen-bond acceptors (Lipinski definition) is 3. The average molecular weight is 473 g/mol. The number of benzene rings is 3. The number of carbonyl (C=O) groups is 2. The lowest BCUT2D eigenvalue weighted by Gasteiger charge is -2.22. The van der Waals surface area contributed by atoms with Gasteiger partial charge < -0.3 is 25.6 Å². The number of aromatic nitrogens is 1. The van der Waals surface area contributed by atoms with Gasteiger partial charge in [-0.3, -0.25) is 4.79 Å². The number of hydrogen-bond donors (Lipinski definition) is 2. The van der Waals surface area contributed by atoms with Crippen LogP contribution in [-0.2, 0) is 17.8 Å². The third-order valence-corrected chi connectivity index (χ3v) is 6.63. The number of amides is 1. The summed E-state index contributed by atoms with van der Waals surface area (Å²) >= 11 is 0. The first-order valence-electron chi connectivity index (χ1n) is 11.4. The number of nitrogens with zero attached hydrogens (tertiary/aromatic N) is 1. The number of carbonyl (C=O) groups excluding carboxylic acids is 1. The van der Waals surface area contributed by atoms with Gasteiger partial charge >= 0.3 is 5.97 Å². The van der Waals surface area contributed by atoms with Crippen molar-refractivity contribution in [3.63, 3.8) is 0 Å². The summed E-state index contributed by atoms with van der Waals surface area (Å²) in [4.78, 5) is 24.1. The fourth-order valence-electron chi connectivity index (χ4n) is 5.06. The molecule has 35 heavy (non-hydrogen) atoms. The summed E-state index contributed by atoms with van der Waals surface area (Å²) in [6, 6.07) is 21.0. The molecule has 0 aliphatic heterocycles. The van der Waals surface area contributed by atoms with Gasteiger partial charge in [0.1, 0.15) is 17.1 Å². The summed E-state index contributed by atoms with van der Waals surface area (Å²) in [6.45, 7) is 2.51. The molecule has 1 amide bonds. The Hall–Kier alpha value is -4.10. The molecule has 0 saturated carbocycles. The monoisotopic (exact) mass is 472 g/mol. The van der Waals surface area contributed by atoms with Gasteiger partial charge in [0.2, 0.25) is 5.91 Å². The van der Waals surface area contributed by atoms with E-state index in [1.165, 1.54) is 11.6 Å². The van der Waals surface area contributed by atoms with Crippen molar-refractivity contribution in [3.05, 3.63) is 94.7 Å². The summed E-state index contributed by atoms with van der Waals surface area (Å²) < 4.78 is 8.39. The Morgan fingerprint density at radius 2 is 1.86 bits per heavy atom. The highest BCUT2D eigenvalue weighted by Gasteiger charge is 2.31. The van der Waals surface area contributed by atoms with E-state index in [2.05, 4.69) is 16.7 Å². The Balaban J connectivity index is 0.00000289. The number of aryl methyl sites for hydroxylation is 1. The molecule has 7 nitrogen and oxygen atoms in total. The van der Waals surface area contributed by atoms with E-state index in [9.17, 15) is 14.7 Å². The molecule has 1 aliphatic rings. The van der Waals surface area contributed by atoms with Crippen LogP contribution in [-0.4, -0.2) is 27.0 Å². The molecule has 1 aromatic heterocycles. The quantitative estimate of drug-likeness (QED) is 0.426. The summed E-state index contributed by atoms with van der Waals surface area (Å²) in [5, 5.41) is 10.5. The zero-order chi connectivity index (χ0) is 23.8. The van der Waals surface area contributed by atoms with Crippen molar-refractivity contribution in [2.75, 3.05) is 0 Å². The second kappa shape index (κ2) is 9.64. The molecular formula is C28H28N2O5. The number of primary amides is 1. The second-order valence-electron chi connectivity index (χ2n) is 8.82. The highest BCUT2D eigenvalue weighted by atomic mass is 16.5. The van der Waals surface area contributed by atoms with Gasteiger partial charge in [-0.25, -0.2) is 4.79 Å². The number of fused-ring (bicyclic) bond motifs is 3. The van der Waals surface area contributed by atoms with Gasteiger partial charge in [-0.2, -0.15) is 0 Å². The molecule has 5 rings (SSSR count). The fraction of sp³-hybridized carbons (Fsp3) is 0.214. The van der Waals surface area contributed by atoms with Gasteiger partial charge in [0.25, 0.3) is 0 Å². The van der Waals surface area contributed by atoms with Crippen molar-refractivity contribution in [2.24, 2.45) is 5.73 Å². The van der Waals surface area contributed by atoms with Gasteiger partial charge in [0, 0.05) is 23.1 Å². The highest BCUT2D eigenvalue weighted by molar-refractivity contribution is 5.95. The minimum absolute atomic E-state index is 0. The maximum Gasteiger partial charge on any atom is 0.339 e. The van der Waals surface area contributed by atoms with Crippen LogP contribution < -0.4 is 10.5 Å². The van der Waals surface area contributed by atoms with Crippen LogP contribution in [0.1, 0.15) is 51.5 Å². The molecule has 0 bridgehead atoms. The lowest BCUT2D eigenvalue weighted by atomic mass is 9.84. The Morgan fingerprint density at radius 1 is 1.09 bits per heavy atom. The third-order valence-electron chi connectivity index (χ3n) is 6.63. The molecule has 5 N–H and O–H groups in total. The van der Waals surface area contributed by atoms with E-state index in [0.717, 1.165) is 47.0 Å². The highest BCUT2D eigenvalue weighted by Crippen LogP contribution is 2.41. The third kappa shape index (κ3) is 4.38. The Morgan fingerprint density at radius 3 is 2.57 bits per heavy atom. The molecule has 180 valence electrons. The van der Waals surface area contributed by atoms with Crippen molar-refractivity contribution in [1.29, 1.82) is 0 Å². The molecule has 0 fully saturated rings. The largest absolute Gasteiger partial charge is 0.478 e.